The molecule has 1 aromatic carbocycles. The van der Waals surface area contributed by atoms with Gasteiger partial charge in [0, 0.05) is 13.0 Å². The number of benzene rings is 1. The number of hydrogen-bond donors (Lipinski definition) is 1. The van der Waals surface area contributed by atoms with E-state index in [1.54, 1.807) is 19.1 Å². The van der Waals surface area contributed by atoms with Crippen LogP contribution >= 0.6 is 0 Å². The second kappa shape index (κ2) is 7.09. The number of aryl methyl sites for hydroxylation is 1. The molecule has 0 spiro atoms. The Hall–Kier alpha value is -2.63. The Labute approximate surface area is 134 Å². The number of ether oxygens (including phenoxy) is 1. The molecule has 1 N–H and O–H groups in total. The van der Waals surface area contributed by atoms with Crippen LogP contribution in [0, 0.1) is 6.92 Å². The van der Waals surface area contributed by atoms with Gasteiger partial charge >= 0.3 is 0 Å². The number of rotatable bonds is 5. The molecular weight excluding hydrogens is 294 g/mol. The second-order valence-corrected chi connectivity index (χ2v) is 5.47. The van der Waals surface area contributed by atoms with Crippen LogP contribution in [-0.2, 0) is 6.61 Å². The van der Waals surface area contributed by atoms with Gasteiger partial charge in [-0.1, -0.05) is 29.4 Å². The number of hydrogen-bond acceptors (Lipinski definition) is 5. The number of nitrogens with one attached hydrogen (secondary N) is 1. The Kier molecular flexibility index (Phi) is 4.71. The highest BCUT2D eigenvalue weighted by molar-refractivity contribution is 5.97. The zero-order valence-electron chi connectivity index (χ0n) is 13.0. The molecule has 1 aliphatic rings. The Bertz CT molecular complexity index is 709. The third kappa shape index (κ3) is 3.97. The first-order valence-corrected chi connectivity index (χ1v) is 7.69. The third-order valence-electron chi connectivity index (χ3n) is 3.66. The van der Waals surface area contributed by atoms with E-state index < -0.39 is 0 Å². The minimum Gasteiger partial charge on any atom is -0.485 e. The van der Waals surface area contributed by atoms with Crippen molar-refractivity contribution < 1.29 is 14.1 Å². The standard InChI is InChI=1S/C17H19N3O3/c1-12-18-16(20-23-12)11-22-15-10-6-5-9-14(15)17(21)19-13-7-3-2-4-8-13/h2-3,5-6,9-10,13H,4,7-8,11H2,1H3,(H,19,21)/t13-/m0/s1. The summed E-state index contributed by atoms with van der Waals surface area (Å²) in [5.41, 5.74) is 0.516. The van der Waals surface area contributed by atoms with Crippen LogP contribution in [0.4, 0.5) is 0 Å². The zero-order chi connectivity index (χ0) is 16.1. The normalized spacial score (nSPS) is 17.0. The van der Waals surface area contributed by atoms with E-state index in [9.17, 15) is 4.79 Å². The van der Waals surface area contributed by atoms with Crippen LogP contribution in [0.3, 0.4) is 0 Å². The fourth-order valence-corrected chi connectivity index (χ4v) is 2.51. The Morgan fingerprint density at radius 1 is 1.39 bits per heavy atom. The number of carbonyl (C=O) groups is 1. The van der Waals surface area contributed by atoms with Crippen molar-refractivity contribution >= 4 is 5.91 Å². The van der Waals surface area contributed by atoms with Crippen LogP contribution in [0.1, 0.15) is 41.3 Å². The number of para-hydroxylation sites is 1. The van der Waals surface area contributed by atoms with Gasteiger partial charge in [-0.3, -0.25) is 4.79 Å². The van der Waals surface area contributed by atoms with Gasteiger partial charge in [0.25, 0.3) is 5.91 Å². The molecule has 6 nitrogen and oxygen atoms in total. The van der Waals surface area contributed by atoms with Crippen LogP contribution in [0.5, 0.6) is 5.75 Å². The molecule has 120 valence electrons. The van der Waals surface area contributed by atoms with Gasteiger partial charge in [0.2, 0.25) is 11.7 Å². The summed E-state index contributed by atoms with van der Waals surface area (Å²) >= 11 is 0. The average molecular weight is 313 g/mol. The largest absolute Gasteiger partial charge is 0.485 e. The predicted octanol–water partition coefficient (Wildman–Crippen LogP) is 2.80. The van der Waals surface area contributed by atoms with Crippen LogP contribution in [-0.4, -0.2) is 22.1 Å². The van der Waals surface area contributed by atoms with Crippen molar-refractivity contribution in [1.82, 2.24) is 15.5 Å². The molecule has 0 unspecified atom stereocenters. The molecule has 0 saturated carbocycles. The minimum absolute atomic E-state index is 0.120. The van der Waals surface area contributed by atoms with E-state index in [0.717, 1.165) is 19.3 Å². The summed E-state index contributed by atoms with van der Waals surface area (Å²) in [5, 5.41) is 6.84. The van der Waals surface area contributed by atoms with Crippen molar-refractivity contribution in [3.8, 4) is 5.75 Å². The van der Waals surface area contributed by atoms with Crippen LogP contribution < -0.4 is 10.1 Å². The molecule has 1 amide bonds. The molecule has 6 heteroatoms. The molecule has 3 rings (SSSR count). The summed E-state index contributed by atoms with van der Waals surface area (Å²) in [7, 11) is 0. The molecule has 0 fully saturated rings. The Morgan fingerprint density at radius 2 is 2.26 bits per heavy atom. The monoisotopic (exact) mass is 313 g/mol. The highest BCUT2D eigenvalue weighted by Crippen LogP contribution is 2.20. The van der Waals surface area contributed by atoms with E-state index in [-0.39, 0.29) is 18.6 Å². The summed E-state index contributed by atoms with van der Waals surface area (Å²) in [6.45, 7) is 1.88. The summed E-state index contributed by atoms with van der Waals surface area (Å²) in [5.74, 6) is 1.33. The number of amides is 1. The SMILES string of the molecule is Cc1nc(COc2ccccc2C(=O)N[C@H]2CC=CCC2)no1. The van der Waals surface area contributed by atoms with E-state index in [2.05, 4.69) is 27.6 Å². The molecule has 0 bridgehead atoms. The van der Waals surface area contributed by atoms with Crippen molar-refractivity contribution in [2.75, 3.05) is 0 Å². The highest BCUT2D eigenvalue weighted by atomic mass is 16.5. The molecule has 1 aromatic heterocycles. The van der Waals surface area contributed by atoms with Gasteiger partial charge in [0.15, 0.2) is 6.61 Å². The van der Waals surface area contributed by atoms with Gasteiger partial charge in [-0.25, -0.2) is 0 Å². The number of allylic oxidation sites excluding steroid dienone is 1. The summed E-state index contributed by atoms with van der Waals surface area (Å²) in [6, 6.07) is 7.35. The quantitative estimate of drug-likeness (QED) is 0.859. The molecule has 23 heavy (non-hydrogen) atoms. The second-order valence-electron chi connectivity index (χ2n) is 5.47. The number of nitrogens with zero attached hydrogens (tertiary/aromatic N) is 2. The highest BCUT2D eigenvalue weighted by Gasteiger charge is 2.17. The Morgan fingerprint density at radius 3 is 3.00 bits per heavy atom. The van der Waals surface area contributed by atoms with E-state index in [1.807, 2.05) is 12.1 Å². The van der Waals surface area contributed by atoms with E-state index in [4.69, 9.17) is 9.26 Å². The van der Waals surface area contributed by atoms with Crippen molar-refractivity contribution in [2.24, 2.45) is 0 Å². The maximum absolute atomic E-state index is 12.5. The van der Waals surface area contributed by atoms with E-state index >= 15 is 0 Å². The maximum Gasteiger partial charge on any atom is 0.255 e. The molecule has 2 aromatic rings. The van der Waals surface area contributed by atoms with Crippen LogP contribution in [0.15, 0.2) is 40.9 Å². The smallest absolute Gasteiger partial charge is 0.255 e. The third-order valence-corrected chi connectivity index (χ3v) is 3.66. The molecular formula is C17H19N3O3. The van der Waals surface area contributed by atoms with Crippen LogP contribution in [0.25, 0.3) is 0 Å². The first-order valence-electron chi connectivity index (χ1n) is 7.69. The van der Waals surface area contributed by atoms with Gasteiger partial charge in [0.1, 0.15) is 5.75 Å². The minimum atomic E-state index is -0.120. The first-order chi connectivity index (χ1) is 11.2. The summed E-state index contributed by atoms with van der Waals surface area (Å²) < 4.78 is 10.6. The zero-order valence-corrected chi connectivity index (χ0v) is 13.0. The van der Waals surface area contributed by atoms with Crippen LogP contribution in [0.2, 0.25) is 0 Å². The maximum atomic E-state index is 12.5. The lowest BCUT2D eigenvalue weighted by atomic mass is 10.0. The lowest BCUT2D eigenvalue weighted by molar-refractivity contribution is 0.0930. The van der Waals surface area contributed by atoms with Crippen molar-refractivity contribution in [1.29, 1.82) is 0 Å². The van der Waals surface area contributed by atoms with E-state index in [0.29, 0.717) is 23.0 Å². The lowest BCUT2D eigenvalue weighted by Gasteiger charge is -2.20. The first kappa shape index (κ1) is 15.3. The van der Waals surface area contributed by atoms with Gasteiger partial charge in [-0.05, 0) is 31.4 Å². The predicted molar refractivity (Wildman–Crippen MR) is 84.1 cm³/mol. The fraction of sp³-hybridized carbons (Fsp3) is 0.353. The summed E-state index contributed by atoms with van der Waals surface area (Å²) in [4.78, 5) is 16.6. The molecule has 0 saturated heterocycles. The molecule has 0 radical (unpaired) electrons. The average Bonchev–Trinajstić information content (AvgIpc) is 2.99. The summed E-state index contributed by atoms with van der Waals surface area (Å²) in [6.07, 6.45) is 7.09. The molecule has 0 aliphatic heterocycles. The molecule has 1 atom stereocenters. The van der Waals surface area contributed by atoms with Crippen molar-refractivity contribution in [3.63, 3.8) is 0 Å². The van der Waals surface area contributed by atoms with Gasteiger partial charge < -0.3 is 14.6 Å². The van der Waals surface area contributed by atoms with Crippen molar-refractivity contribution in [3.05, 3.63) is 53.7 Å². The number of carbonyl (C=O) groups excluding carboxylic acids is 1. The van der Waals surface area contributed by atoms with Crippen molar-refractivity contribution in [2.45, 2.75) is 38.8 Å². The lowest BCUT2D eigenvalue weighted by Crippen LogP contribution is -2.35. The number of aromatic nitrogens is 2. The van der Waals surface area contributed by atoms with Gasteiger partial charge in [-0.15, -0.1) is 0 Å². The Balaban J connectivity index is 1.66. The van der Waals surface area contributed by atoms with E-state index in [1.165, 1.54) is 0 Å². The fourth-order valence-electron chi connectivity index (χ4n) is 2.51. The van der Waals surface area contributed by atoms with Gasteiger partial charge in [0.05, 0.1) is 5.56 Å². The molecule has 1 aliphatic carbocycles. The molecule has 1 heterocycles. The van der Waals surface area contributed by atoms with Gasteiger partial charge in [-0.2, -0.15) is 4.98 Å². The topological polar surface area (TPSA) is 77.2 Å².